The molecule has 0 aliphatic heterocycles. The molecule has 3 heteroatoms. The zero-order valence-electron chi connectivity index (χ0n) is 16.8. The summed E-state index contributed by atoms with van der Waals surface area (Å²) in [5.74, 6) is 0. The number of fused-ring (bicyclic) bond motifs is 2. The Balaban J connectivity index is 1.94. The largest absolute Gasteiger partial charge is 0.171 e. The minimum absolute atomic E-state index is 0.529. The SMILES string of the molecule is CC1=Cc2c(-c3cccc4ccccc34)cccc2C1[Si](C)(C)[Si](C)(C)Cl. The van der Waals surface area contributed by atoms with Crippen LogP contribution in [0.4, 0.5) is 0 Å². The lowest BCUT2D eigenvalue weighted by Crippen LogP contribution is -2.55. The number of benzene rings is 3. The van der Waals surface area contributed by atoms with Crippen LogP contribution in [0.1, 0.15) is 23.6 Å². The quantitative estimate of drug-likeness (QED) is 0.307. The van der Waals surface area contributed by atoms with E-state index in [0.29, 0.717) is 5.54 Å². The molecule has 3 aromatic rings. The molecule has 1 aliphatic rings. The summed E-state index contributed by atoms with van der Waals surface area (Å²) in [6, 6.07) is 22.2. The maximum atomic E-state index is 7.04. The van der Waals surface area contributed by atoms with Crippen LogP contribution >= 0.6 is 11.1 Å². The van der Waals surface area contributed by atoms with Crippen molar-refractivity contribution in [1.82, 2.24) is 0 Å². The average Bonchev–Trinajstić information content (AvgIpc) is 2.96. The molecule has 0 radical (unpaired) electrons. The van der Waals surface area contributed by atoms with Gasteiger partial charge in [-0.05, 0) is 45.5 Å². The van der Waals surface area contributed by atoms with Gasteiger partial charge in [0.05, 0.1) is 7.59 Å². The molecule has 0 bridgehead atoms. The van der Waals surface area contributed by atoms with Gasteiger partial charge in [0.1, 0.15) is 6.90 Å². The van der Waals surface area contributed by atoms with E-state index in [1.165, 1.54) is 38.6 Å². The van der Waals surface area contributed by atoms with Gasteiger partial charge in [0, 0.05) is 0 Å². The minimum Gasteiger partial charge on any atom is -0.171 e. The predicted molar refractivity (Wildman–Crippen MR) is 127 cm³/mol. The van der Waals surface area contributed by atoms with Gasteiger partial charge in [-0.15, -0.1) is 0 Å². The van der Waals surface area contributed by atoms with E-state index in [2.05, 4.69) is 99.9 Å². The Hall–Kier alpha value is -1.62. The number of halogens is 1. The first-order valence-corrected chi connectivity index (χ1v) is 17.8. The normalized spacial score (nSPS) is 17.1. The van der Waals surface area contributed by atoms with E-state index in [-0.39, 0.29) is 0 Å². The second-order valence-electron chi connectivity index (χ2n) is 8.85. The van der Waals surface area contributed by atoms with Gasteiger partial charge in [0.25, 0.3) is 0 Å². The molecule has 3 aromatic carbocycles. The van der Waals surface area contributed by atoms with Crippen LogP contribution in [0.3, 0.4) is 0 Å². The van der Waals surface area contributed by atoms with E-state index in [9.17, 15) is 0 Å². The van der Waals surface area contributed by atoms with E-state index in [4.69, 9.17) is 11.1 Å². The highest BCUT2D eigenvalue weighted by Crippen LogP contribution is 2.48. The second kappa shape index (κ2) is 6.47. The van der Waals surface area contributed by atoms with E-state index < -0.39 is 14.5 Å². The molecule has 1 atom stereocenters. The van der Waals surface area contributed by atoms with Gasteiger partial charge in [-0.3, -0.25) is 0 Å². The molecule has 0 amide bonds. The van der Waals surface area contributed by atoms with Gasteiger partial charge < -0.3 is 0 Å². The maximum Gasteiger partial charge on any atom is 0.141 e. The summed E-state index contributed by atoms with van der Waals surface area (Å²) in [6.07, 6.45) is 2.43. The van der Waals surface area contributed by atoms with Crippen molar-refractivity contribution in [3.8, 4) is 11.1 Å². The van der Waals surface area contributed by atoms with Crippen molar-refractivity contribution in [2.24, 2.45) is 0 Å². The molecule has 0 spiro atoms. The first kappa shape index (κ1) is 18.7. The Labute approximate surface area is 169 Å². The fourth-order valence-electron chi connectivity index (χ4n) is 4.55. The fourth-order valence-corrected chi connectivity index (χ4v) is 11.7. The Morgan fingerprint density at radius 3 is 2.15 bits per heavy atom. The van der Waals surface area contributed by atoms with Crippen LogP contribution in [0.5, 0.6) is 0 Å². The predicted octanol–water partition coefficient (Wildman–Crippen LogP) is 7.78. The molecular formula is C24H27ClSi2. The van der Waals surface area contributed by atoms with Gasteiger partial charge in [-0.2, -0.15) is 11.1 Å². The average molecular weight is 407 g/mol. The lowest BCUT2D eigenvalue weighted by molar-refractivity contribution is 1.09. The highest BCUT2D eigenvalue weighted by Gasteiger charge is 2.49. The van der Waals surface area contributed by atoms with E-state index in [0.717, 1.165) is 0 Å². The third-order valence-corrected chi connectivity index (χ3v) is 26.3. The fraction of sp³-hybridized carbons (Fsp3) is 0.250. The summed E-state index contributed by atoms with van der Waals surface area (Å²) < 4.78 is 0. The van der Waals surface area contributed by atoms with Gasteiger partial charge in [0.15, 0.2) is 0 Å². The first-order valence-electron chi connectivity index (χ1n) is 9.70. The second-order valence-corrected chi connectivity index (χ2v) is 27.2. The summed E-state index contributed by atoms with van der Waals surface area (Å²) in [4.78, 5) is 0. The van der Waals surface area contributed by atoms with Crippen molar-refractivity contribution < 1.29 is 0 Å². The van der Waals surface area contributed by atoms with E-state index in [1.54, 1.807) is 0 Å². The van der Waals surface area contributed by atoms with Gasteiger partial charge >= 0.3 is 0 Å². The summed E-state index contributed by atoms with van der Waals surface area (Å²) in [5, 5.41) is 2.62. The molecule has 0 saturated heterocycles. The molecule has 0 fully saturated rings. The molecule has 27 heavy (non-hydrogen) atoms. The molecule has 1 unspecified atom stereocenters. The molecular weight excluding hydrogens is 380 g/mol. The standard InChI is InChI=1S/C24H27ClSi2/c1-17-16-23-21(20-13-8-11-18-10-6-7-12-19(18)20)14-9-15-22(23)24(17)26(2,3)27(4,5)25/h6-16,24H,1-5H3. The molecule has 0 saturated carbocycles. The third-order valence-electron chi connectivity index (χ3n) is 6.61. The third kappa shape index (κ3) is 2.95. The lowest BCUT2D eigenvalue weighted by atomic mass is 9.93. The molecule has 0 N–H and O–H groups in total. The van der Waals surface area contributed by atoms with E-state index >= 15 is 0 Å². The van der Waals surface area contributed by atoms with Crippen molar-refractivity contribution >= 4 is 42.4 Å². The van der Waals surface area contributed by atoms with Crippen molar-refractivity contribution in [1.29, 1.82) is 0 Å². The summed E-state index contributed by atoms with van der Waals surface area (Å²) in [5.41, 5.74) is 7.61. The molecule has 0 heterocycles. The smallest absolute Gasteiger partial charge is 0.141 e. The zero-order chi connectivity index (χ0) is 19.4. The van der Waals surface area contributed by atoms with Crippen molar-refractivity contribution in [3.05, 3.63) is 77.4 Å². The Morgan fingerprint density at radius 2 is 1.41 bits per heavy atom. The number of allylic oxidation sites excluding steroid dienone is 1. The van der Waals surface area contributed by atoms with Crippen molar-refractivity contribution in [2.45, 2.75) is 38.7 Å². The van der Waals surface area contributed by atoms with E-state index in [1.807, 2.05) is 0 Å². The Kier molecular flexibility index (Phi) is 4.49. The van der Waals surface area contributed by atoms with Crippen LogP contribution < -0.4 is 0 Å². The number of rotatable bonds is 3. The Bertz CT molecular complexity index is 1050. The monoisotopic (exact) mass is 406 g/mol. The van der Waals surface area contributed by atoms with Crippen molar-refractivity contribution in [3.63, 3.8) is 0 Å². The highest BCUT2D eigenvalue weighted by atomic mass is 35.6. The molecule has 0 nitrogen and oxygen atoms in total. The topological polar surface area (TPSA) is 0 Å². The van der Waals surface area contributed by atoms with Crippen LogP contribution in [0, 0.1) is 0 Å². The maximum absolute atomic E-state index is 7.04. The summed E-state index contributed by atoms with van der Waals surface area (Å²) in [6.45, 7) is 10.2. The van der Waals surface area contributed by atoms with Gasteiger partial charge in [0.2, 0.25) is 0 Å². The van der Waals surface area contributed by atoms with Crippen LogP contribution in [0.15, 0.2) is 66.2 Å². The summed E-state index contributed by atoms with van der Waals surface area (Å²) >= 11 is 7.04. The highest BCUT2D eigenvalue weighted by molar-refractivity contribution is 7.58. The Morgan fingerprint density at radius 1 is 0.778 bits per heavy atom. The van der Waals surface area contributed by atoms with Crippen molar-refractivity contribution in [2.75, 3.05) is 0 Å². The lowest BCUT2D eigenvalue weighted by Gasteiger charge is -2.39. The van der Waals surface area contributed by atoms with Crippen LogP contribution in [0.25, 0.3) is 28.0 Å². The van der Waals surface area contributed by atoms with Gasteiger partial charge in [-0.25, -0.2) is 0 Å². The summed E-state index contributed by atoms with van der Waals surface area (Å²) in [7, 11) is -1.63. The van der Waals surface area contributed by atoms with Crippen LogP contribution in [0.2, 0.25) is 26.2 Å². The zero-order valence-corrected chi connectivity index (χ0v) is 19.6. The molecule has 138 valence electrons. The minimum atomic E-state index is -1.73. The van der Waals surface area contributed by atoms with Crippen LogP contribution in [-0.4, -0.2) is 14.5 Å². The molecule has 4 rings (SSSR count). The molecule has 0 aromatic heterocycles. The number of hydrogen-bond donors (Lipinski definition) is 0. The molecule has 1 aliphatic carbocycles. The van der Waals surface area contributed by atoms with Crippen LogP contribution in [-0.2, 0) is 0 Å². The van der Waals surface area contributed by atoms with Gasteiger partial charge in [-0.1, -0.05) is 98.5 Å². The number of hydrogen-bond acceptors (Lipinski definition) is 0. The first-order chi connectivity index (χ1) is 12.7.